The Hall–Kier alpha value is -2.94. The second-order valence-corrected chi connectivity index (χ2v) is 6.55. The van der Waals surface area contributed by atoms with Gasteiger partial charge in [-0.15, -0.1) is 0 Å². The number of nitrogens with one attached hydrogen (secondary N) is 1. The lowest BCUT2D eigenvalue weighted by Crippen LogP contribution is -2.23. The highest BCUT2D eigenvalue weighted by Gasteiger charge is 2.18. The molecular formula is C17H15BrN4O4. The molecule has 3 aromatic rings. The number of fused-ring (bicyclic) bond motifs is 1. The standard InChI is InChI=1S/C17H15BrN4O4/c1-10-5-12(18)8-21-9-13(20-16(10)21)7-19-17(23)11-3-4-15(26-2)14(6-11)22(24)25/h3-6,8-9H,7H2,1-2H3,(H,19,23). The van der Waals surface area contributed by atoms with E-state index in [4.69, 9.17) is 4.74 Å². The number of rotatable bonds is 5. The maximum atomic E-state index is 12.3. The molecule has 0 unspecified atom stereocenters. The van der Waals surface area contributed by atoms with Crippen LogP contribution in [0.2, 0.25) is 0 Å². The summed E-state index contributed by atoms with van der Waals surface area (Å²) in [5.41, 5.74) is 2.41. The number of nitrogens with zero attached hydrogens (tertiary/aromatic N) is 3. The van der Waals surface area contributed by atoms with E-state index in [1.165, 1.54) is 25.3 Å². The van der Waals surface area contributed by atoms with Gasteiger partial charge in [-0.1, -0.05) is 0 Å². The normalized spacial score (nSPS) is 10.7. The number of aryl methyl sites for hydroxylation is 1. The van der Waals surface area contributed by atoms with Gasteiger partial charge in [0.15, 0.2) is 5.75 Å². The van der Waals surface area contributed by atoms with Crippen molar-refractivity contribution in [3.8, 4) is 5.75 Å². The fourth-order valence-corrected chi connectivity index (χ4v) is 3.17. The van der Waals surface area contributed by atoms with Crippen molar-refractivity contribution in [1.29, 1.82) is 0 Å². The van der Waals surface area contributed by atoms with Gasteiger partial charge < -0.3 is 14.5 Å². The van der Waals surface area contributed by atoms with Gasteiger partial charge in [0, 0.05) is 28.5 Å². The first-order valence-electron chi connectivity index (χ1n) is 7.63. The van der Waals surface area contributed by atoms with E-state index < -0.39 is 10.8 Å². The Bertz CT molecular complexity index is 1020. The molecule has 0 atom stereocenters. The molecule has 3 rings (SSSR count). The van der Waals surface area contributed by atoms with Crippen molar-refractivity contribution >= 4 is 33.2 Å². The number of amides is 1. The summed E-state index contributed by atoms with van der Waals surface area (Å²) in [5, 5.41) is 13.8. The lowest BCUT2D eigenvalue weighted by atomic mass is 10.1. The number of benzene rings is 1. The van der Waals surface area contributed by atoms with Crippen LogP contribution < -0.4 is 10.1 Å². The Morgan fingerprint density at radius 1 is 1.38 bits per heavy atom. The van der Waals surface area contributed by atoms with Gasteiger partial charge in [-0.2, -0.15) is 0 Å². The summed E-state index contributed by atoms with van der Waals surface area (Å²) in [7, 11) is 1.34. The van der Waals surface area contributed by atoms with Crippen molar-refractivity contribution < 1.29 is 14.5 Å². The molecule has 0 radical (unpaired) electrons. The highest BCUT2D eigenvalue weighted by molar-refractivity contribution is 9.10. The Morgan fingerprint density at radius 3 is 2.85 bits per heavy atom. The Balaban J connectivity index is 1.78. The van der Waals surface area contributed by atoms with Crippen LogP contribution in [0.25, 0.3) is 5.65 Å². The third kappa shape index (κ3) is 3.52. The topological polar surface area (TPSA) is 98.8 Å². The number of nitro benzene ring substituents is 1. The van der Waals surface area contributed by atoms with Crippen LogP contribution in [0.1, 0.15) is 21.6 Å². The number of halogens is 1. The van der Waals surface area contributed by atoms with Crippen LogP contribution in [-0.2, 0) is 6.54 Å². The zero-order valence-electron chi connectivity index (χ0n) is 14.0. The third-order valence-electron chi connectivity index (χ3n) is 3.82. The fraction of sp³-hybridized carbons (Fsp3) is 0.176. The second-order valence-electron chi connectivity index (χ2n) is 5.63. The lowest BCUT2D eigenvalue weighted by Gasteiger charge is -2.05. The van der Waals surface area contributed by atoms with E-state index in [1.807, 2.05) is 29.8 Å². The molecule has 8 nitrogen and oxygen atoms in total. The molecule has 0 bridgehead atoms. The maximum Gasteiger partial charge on any atom is 0.311 e. The smallest absolute Gasteiger partial charge is 0.311 e. The van der Waals surface area contributed by atoms with Gasteiger partial charge >= 0.3 is 5.69 Å². The van der Waals surface area contributed by atoms with Crippen molar-refractivity contribution in [2.24, 2.45) is 0 Å². The van der Waals surface area contributed by atoms with Gasteiger partial charge in [0.2, 0.25) is 0 Å². The third-order valence-corrected chi connectivity index (χ3v) is 4.25. The number of hydrogen-bond acceptors (Lipinski definition) is 5. The number of methoxy groups -OCH3 is 1. The van der Waals surface area contributed by atoms with Gasteiger partial charge in [0.1, 0.15) is 5.65 Å². The van der Waals surface area contributed by atoms with Crippen LogP contribution in [0.5, 0.6) is 5.75 Å². The summed E-state index contributed by atoms with van der Waals surface area (Å²) in [6.07, 6.45) is 3.71. The molecule has 0 saturated carbocycles. The van der Waals surface area contributed by atoms with Crippen LogP contribution in [0.3, 0.4) is 0 Å². The number of imidazole rings is 1. The molecule has 1 N–H and O–H groups in total. The number of nitro groups is 1. The molecule has 0 saturated heterocycles. The van der Waals surface area contributed by atoms with Gasteiger partial charge in [0.25, 0.3) is 5.91 Å². The highest BCUT2D eigenvalue weighted by atomic mass is 79.9. The molecule has 9 heteroatoms. The van der Waals surface area contributed by atoms with Crippen molar-refractivity contribution in [3.63, 3.8) is 0 Å². The van der Waals surface area contributed by atoms with Crippen molar-refractivity contribution in [3.05, 3.63) is 68.1 Å². The van der Waals surface area contributed by atoms with Crippen LogP contribution in [0.15, 0.2) is 41.1 Å². The Labute approximate surface area is 157 Å². The molecule has 0 spiro atoms. The summed E-state index contributed by atoms with van der Waals surface area (Å²) in [6.45, 7) is 2.16. The predicted molar refractivity (Wildman–Crippen MR) is 98.4 cm³/mol. The summed E-state index contributed by atoms with van der Waals surface area (Å²) in [4.78, 5) is 27.3. The monoisotopic (exact) mass is 418 g/mol. The predicted octanol–water partition coefficient (Wildman–Crippen LogP) is 3.25. The Morgan fingerprint density at radius 2 is 2.15 bits per heavy atom. The summed E-state index contributed by atoms with van der Waals surface area (Å²) in [6, 6.07) is 6.03. The maximum absolute atomic E-state index is 12.3. The van der Waals surface area contributed by atoms with Gasteiger partial charge in [-0.3, -0.25) is 14.9 Å². The van der Waals surface area contributed by atoms with E-state index in [0.717, 1.165) is 15.7 Å². The fourth-order valence-electron chi connectivity index (χ4n) is 2.61. The average Bonchev–Trinajstić information content (AvgIpc) is 3.02. The summed E-state index contributed by atoms with van der Waals surface area (Å²) >= 11 is 3.43. The highest BCUT2D eigenvalue weighted by Crippen LogP contribution is 2.27. The van der Waals surface area contributed by atoms with E-state index >= 15 is 0 Å². The van der Waals surface area contributed by atoms with Crippen LogP contribution in [-0.4, -0.2) is 27.3 Å². The van der Waals surface area contributed by atoms with E-state index in [1.54, 1.807) is 0 Å². The number of aromatic nitrogens is 2. The first kappa shape index (κ1) is 17.9. The lowest BCUT2D eigenvalue weighted by molar-refractivity contribution is -0.385. The molecule has 2 aromatic heterocycles. The van der Waals surface area contributed by atoms with Crippen molar-refractivity contribution in [2.75, 3.05) is 7.11 Å². The van der Waals surface area contributed by atoms with E-state index in [2.05, 4.69) is 26.2 Å². The first-order valence-corrected chi connectivity index (χ1v) is 8.42. The number of ether oxygens (including phenoxy) is 1. The second kappa shape index (κ2) is 7.12. The Kier molecular flexibility index (Phi) is 4.90. The van der Waals surface area contributed by atoms with Crippen LogP contribution in [0, 0.1) is 17.0 Å². The summed E-state index contributed by atoms with van der Waals surface area (Å²) < 4.78 is 7.74. The van der Waals surface area contributed by atoms with Gasteiger partial charge in [-0.05, 0) is 46.6 Å². The largest absolute Gasteiger partial charge is 0.490 e. The molecule has 1 aromatic carbocycles. The molecule has 0 aliphatic rings. The summed E-state index contributed by atoms with van der Waals surface area (Å²) in [5.74, 6) is -0.321. The van der Waals surface area contributed by atoms with Crippen molar-refractivity contribution in [1.82, 2.24) is 14.7 Å². The quantitative estimate of drug-likeness (QED) is 0.506. The average molecular weight is 419 g/mol. The molecule has 26 heavy (non-hydrogen) atoms. The SMILES string of the molecule is COc1ccc(C(=O)NCc2cn3cc(Br)cc(C)c3n2)cc1[N+](=O)[O-]. The van der Waals surface area contributed by atoms with Crippen LogP contribution in [0.4, 0.5) is 5.69 Å². The molecule has 134 valence electrons. The number of pyridine rings is 1. The zero-order valence-corrected chi connectivity index (χ0v) is 15.6. The minimum Gasteiger partial charge on any atom is -0.490 e. The van der Waals surface area contributed by atoms with E-state index in [9.17, 15) is 14.9 Å². The van der Waals surface area contributed by atoms with Gasteiger partial charge in [0.05, 0.1) is 24.3 Å². The zero-order chi connectivity index (χ0) is 18.8. The number of carbonyl (C=O) groups excluding carboxylic acids is 1. The number of hydrogen-bond donors (Lipinski definition) is 1. The number of carbonyl (C=O) groups is 1. The molecule has 0 aliphatic heterocycles. The van der Waals surface area contributed by atoms with Crippen molar-refractivity contribution in [2.45, 2.75) is 13.5 Å². The van der Waals surface area contributed by atoms with Gasteiger partial charge in [-0.25, -0.2) is 4.98 Å². The molecule has 0 aliphatic carbocycles. The molecule has 0 fully saturated rings. The molecular weight excluding hydrogens is 404 g/mol. The first-order chi connectivity index (χ1) is 12.4. The van der Waals surface area contributed by atoms with Crippen LogP contribution >= 0.6 is 15.9 Å². The van der Waals surface area contributed by atoms with E-state index in [0.29, 0.717) is 5.69 Å². The molecule has 1 amide bonds. The molecule has 2 heterocycles. The minimum absolute atomic E-state index is 0.105. The minimum atomic E-state index is -0.585. The van der Waals surface area contributed by atoms with E-state index in [-0.39, 0.29) is 23.5 Å².